The molecule has 2 aliphatic rings. The Morgan fingerprint density at radius 2 is 1.75 bits per heavy atom. The van der Waals surface area contributed by atoms with Crippen LogP contribution >= 0.6 is 0 Å². The van der Waals surface area contributed by atoms with Crippen molar-refractivity contribution in [3.63, 3.8) is 0 Å². The van der Waals surface area contributed by atoms with Gasteiger partial charge in [0.2, 0.25) is 0 Å². The molecular formula is C14H28N2. The molecule has 0 aliphatic heterocycles. The van der Waals surface area contributed by atoms with Crippen molar-refractivity contribution in [3.05, 3.63) is 0 Å². The van der Waals surface area contributed by atoms with Crippen molar-refractivity contribution in [1.82, 2.24) is 5.32 Å². The molecule has 0 aromatic heterocycles. The molecule has 2 rings (SSSR count). The van der Waals surface area contributed by atoms with E-state index in [0.29, 0.717) is 0 Å². The van der Waals surface area contributed by atoms with Gasteiger partial charge in [0.1, 0.15) is 0 Å². The highest BCUT2D eigenvalue weighted by Crippen LogP contribution is 2.36. The van der Waals surface area contributed by atoms with Crippen molar-refractivity contribution in [3.8, 4) is 0 Å². The van der Waals surface area contributed by atoms with Crippen LogP contribution in [0.3, 0.4) is 0 Å². The van der Waals surface area contributed by atoms with E-state index in [0.717, 1.165) is 18.5 Å². The molecule has 0 amide bonds. The molecule has 0 heterocycles. The summed E-state index contributed by atoms with van der Waals surface area (Å²) < 4.78 is 0. The van der Waals surface area contributed by atoms with Crippen LogP contribution in [0.15, 0.2) is 0 Å². The monoisotopic (exact) mass is 224 g/mol. The predicted octanol–water partition coefficient (Wildman–Crippen LogP) is 2.82. The molecule has 0 saturated heterocycles. The lowest BCUT2D eigenvalue weighted by Crippen LogP contribution is -2.56. The quantitative estimate of drug-likeness (QED) is 0.723. The van der Waals surface area contributed by atoms with Crippen molar-refractivity contribution in [2.75, 3.05) is 6.54 Å². The molecule has 0 radical (unpaired) electrons. The maximum atomic E-state index is 6.05. The molecule has 2 atom stereocenters. The summed E-state index contributed by atoms with van der Waals surface area (Å²) in [5, 5.41) is 3.95. The number of hydrogen-bond donors (Lipinski definition) is 2. The summed E-state index contributed by atoms with van der Waals surface area (Å²) in [6, 6.07) is 0.742. The van der Waals surface area contributed by atoms with Crippen LogP contribution in [0.4, 0.5) is 0 Å². The molecule has 2 heteroatoms. The van der Waals surface area contributed by atoms with Gasteiger partial charge in [0.15, 0.2) is 0 Å². The van der Waals surface area contributed by atoms with Crippen molar-refractivity contribution in [2.24, 2.45) is 11.7 Å². The minimum atomic E-state index is 0.273. The van der Waals surface area contributed by atoms with Gasteiger partial charge in [-0.1, -0.05) is 39.0 Å². The Labute approximate surface area is 100 Å². The average Bonchev–Trinajstić information content (AvgIpc) is 2.52. The summed E-state index contributed by atoms with van der Waals surface area (Å²) in [4.78, 5) is 0. The summed E-state index contributed by atoms with van der Waals surface area (Å²) in [5.41, 5.74) is 6.33. The number of hydrogen-bond acceptors (Lipinski definition) is 2. The van der Waals surface area contributed by atoms with Crippen molar-refractivity contribution in [2.45, 2.75) is 76.3 Å². The maximum absolute atomic E-state index is 6.05. The van der Waals surface area contributed by atoms with E-state index in [9.17, 15) is 0 Å². The van der Waals surface area contributed by atoms with Gasteiger partial charge in [-0.05, 0) is 31.6 Å². The van der Waals surface area contributed by atoms with Crippen LogP contribution in [0.5, 0.6) is 0 Å². The van der Waals surface area contributed by atoms with Crippen LogP contribution in [0.2, 0.25) is 0 Å². The molecule has 0 aromatic carbocycles. The zero-order valence-corrected chi connectivity index (χ0v) is 10.8. The first-order valence-corrected chi connectivity index (χ1v) is 7.24. The third-order valence-electron chi connectivity index (χ3n) is 4.91. The summed E-state index contributed by atoms with van der Waals surface area (Å²) in [7, 11) is 0. The Bertz CT molecular complexity index is 209. The fourth-order valence-electron chi connectivity index (χ4n) is 3.65. The first kappa shape index (κ1) is 12.4. The van der Waals surface area contributed by atoms with E-state index < -0.39 is 0 Å². The molecule has 2 unspecified atom stereocenters. The standard InChI is InChI=1S/C14H28N2/c1-12-7-6-10-14(12,11-15)16-13-8-4-2-3-5-9-13/h12-13,16H,2-11,15H2,1H3. The fraction of sp³-hybridized carbons (Fsp3) is 1.00. The second-order valence-corrected chi connectivity index (χ2v) is 5.99. The van der Waals surface area contributed by atoms with Crippen LogP contribution < -0.4 is 11.1 Å². The van der Waals surface area contributed by atoms with Gasteiger partial charge >= 0.3 is 0 Å². The summed E-state index contributed by atoms with van der Waals surface area (Å²) >= 11 is 0. The van der Waals surface area contributed by atoms with E-state index in [1.165, 1.54) is 57.8 Å². The van der Waals surface area contributed by atoms with Crippen LogP contribution in [0.1, 0.15) is 64.7 Å². The number of nitrogens with one attached hydrogen (secondary N) is 1. The van der Waals surface area contributed by atoms with Gasteiger partial charge in [-0.3, -0.25) is 0 Å². The lowest BCUT2D eigenvalue weighted by molar-refractivity contribution is 0.225. The lowest BCUT2D eigenvalue weighted by atomic mass is 9.86. The topological polar surface area (TPSA) is 38.0 Å². The van der Waals surface area contributed by atoms with Crippen LogP contribution in [-0.2, 0) is 0 Å². The van der Waals surface area contributed by atoms with Gasteiger partial charge in [-0.2, -0.15) is 0 Å². The van der Waals surface area contributed by atoms with E-state index in [-0.39, 0.29) is 5.54 Å². The summed E-state index contributed by atoms with van der Waals surface area (Å²) in [6.45, 7) is 3.20. The van der Waals surface area contributed by atoms with Crippen molar-refractivity contribution >= 4 is 0 Å². The zero-order chi connectivity index (χ0) is 11.4. The molecular weight excluding hydrogens is 196 g/mol. The van der Waals surface area contributed by atoms with Crippen LogP contribution in [0.25, 0.3) is 0 Å². The first-order chi connectivity index (χ1) is 7.77. The second kappa shape index (κ2) is 5.50. The Morgan fingerprint density at radius 1 is 1.06 bits per heavy atom. The molecule has 0 bridgehead atoms. The zero-order valence-electron chi connectivity index (χ0n) is 10.8. The smallest absolute Gasteiger partial charge is 0.0332 e. The Balaban J connectivity index is 1.94. The van der Waals surface area contributed by atoms with E-state index in [1.807, 2.05) is 0 Å². The average molecular weight is 224 g/mol. The minimum Gasteiger partial charge on any atom is -0.329 e. The Morgan fingerprint density at radius 3 is 2.25 bits per heavy atom. The largest absolute Gasteiger partial charge is 0.329 e. The molecule has 16 heavy (non-hydrogen) atoms. The van der Waals surface area contributed by atoms with Crippen LogP contribution in [0, 0.1) is 5.92 Å². The highest BCUT2D eigenvalue weighted by molar-refractivity contribution is 5.00. The van der Waals surface area contributed by atoms with E-state index in [4.69, 9.17) is 5.73 Å². The van der Waals surface area contributed by atoms with E-state index >= 15 is 0 Å². The molecule has 2 fully saturated rings. The summed E-state index contributed by atoms with van der Waals surface area (Å²) in [5.74, 6) is 0.765. The summed E-state index contributed by atoms with van der Waals surface area (Å²) in [6.07, 6.45) is 12.4. The highest BCUT2D eigenvalue weighted by atomic mass is 15.0. The van der Waals surface area contributed by atoms with Gasteiger partial charge in [0.05, 0.1) is 0 Å². The SMILES string of the molecule is CC1CCCC1(CN)NC1CCCCCC1. The van der Waals surface area contributed by atoms with Crippen molar-refractivity contribution in [1.29, 1.82) is 0 Å². The lowest BCUT2D eigenvalue weighted by Gasteiger charge is -2.37. The fourth-order valence-corrected chi connectivity index (χ4v) is 3.65. The second-order valence-electron chi connectivity index (χ2n) is 5.99. The van der Waals surface area contributed by atoms with Crippen molar-refractivity contribution < 1.29 is 0 Å². The molecule has 94 valence electrons. The van der Waals surface area contributed by atoms with Gasteiger partial charge in [0, 0.05) is 18.1 Å². The third kappa shape index (κ3) is 2.60. The normalized spacial score (nSPS) is 37.5. The predicted molar refractivity (Wildman–Crippen MR) is 69.4 cm³/mol. The van der Waals surface area contributed by atoms with Gasteiger partial charge < -0.3 is 11.1 Å². The van der Waals surface area contributed by atoms with Gasteiger partial charge in [0.25, 0.3) is 0 Å². The molecule has 2 nitrogen and oxygen atoms in total. The molecule has 0 spiro atoms. The number of nitrogens with two attached hydrogens (primary N) is 1. The first-order valence-electron chi connectivity index (χ1n) is 7.24. The van der Waals surface area contributed by atoms with E-state index in [2.05, 4.69) is 12.2 Å². The maximum Gasteiger partial charge on any atom is 0.0332 e. The molecule has 0 aromatic rings. The highest BCUT2D eigenvalue weighted by Gasteiger charge is 2.40. The van der Waals surface area contributed by atoms with Gasteiger partial charge in [-0.25, -0.2) is 0 Å². The Hall–Kier alpha value is -0.0800. The molecule has 2 saturated carbocycles. The Kier molecular flexibility index (Phi) is 4.26. The van der Waals surface area contributed by atoms with E-state index in [1.54, 1.807) is 0 Å². The molecule has 2 aliphatic carbocycles. The third-order valence-corrected chi connectivity index (χ3v) is 4.91. The number of rotatable bonds is 3. The molecule has 3 N–H and O–H groups in total. The van der Waals surface area contributed by atoms with Gasteiger partial charge in [-0.15, -0.1) is 0 Å². The van der Waals surface area contributed by atoms with Crippen LogP contribution in [-0.4, -0.2) is 18.1 Å². The minimum absolute atomic E-state index is 0.273.